The molecule has 0 atom stereocenters. The topological polar surface area (TPSA) is 9.23 Å². The molecule has 0 amide bonds. The first-order valence-electron chi connectivity index (χ1n) is 22.5. The third-order valence-electron chi connectivity index (χ3n) is 10.5. The van der Waals surface area contributed by atoms with Gasteiger partial charge < -0.3 is 4.74 Å². The van der Waals surface area contributed by atoms with E-state index in [9.17, 15) is 0 Å². The van der Waals surface area contributed by atoms with Gasteiger partial charge in [-0.1, -0.05) is 264 Å². The Kier molecular flexibility index (Phi) is 44.9. The smallest absolute Gasteiger partial charge is 0.0466 e. The third-order valence-corrected chi connectivity index (χ3v) is 10.5. The van der Waals surface area contributed by atoms with Crippen LogP contribution in [-0.2, 0) is 4.74 Å². The van der Waals surface area contributed by atoms with Crippen LogP contribution in [0.2, 0.25) is 0 Å². The first-order valence-corrected chi connectivity index (χ1v) is 22.5. The van der Waals surface area contributed by atoms with Crippen molar-refractivity contribution in [1.29, 1.82) is 0 Å². The molecule has 0 N–H and O–H groups in total. The van der Waals surface area contributed by atoms with Gasteiger partial charge in [-0.2, -0.15) is 0 Å². The summed E-state index contributed by atoms with van der Waals surface area (Å²) in [5.41, 5.74) is 0. The largest absolute Gasteiger partial charge is 0.381 e. The Morgan fingerprint density at radius 2 is 0.304 bits per heavy atom. The van der Waals surface area contributed by atoms with Crippen molar-refractivity contribution in [1.82, 2.24) is 0 Å². The van der Waals surface area contributed by atoms with Gasteiger partial charge >= 0.3 is 0 Å². The van der Waals surface area contributed by atoms with Crippen LogP contribution in [0.15, 0.2) is 0 Å². The van der Waals surface area contributed by atoms with Gasteiger partial charge in [0.2, 0.25) is 0 Å². The maximum absolute atomic E-state index is 5.90. The molecule has 278 valence electrons. The lowest BCUT2D eigenvalue weighted by atomic mass is 10.0. The summed E-state index contributed by atoms with van der Waals surface area (Å²) in [5.74, 6) is 0. The van der Waals surface area contributed by atoms with Crippen molar-refractivity contribution in [2.75, 3.05) is 13.2 Å². The molecule has 0 aliphatic carbocycles. The molecule has 0 aromatic rings. The summed E-state index contributed by atoms with van der Waals surface area (Å²) in [6.07, 6.45) is 59.5. The second kappa shape index (κ2) is 45.0. The SMILES string of the molecule is CCCCCCCCCCCCCCCCCCCCCCCCCCCCOCCCCCCCCCCCCCCCCC. The van der Waals surface area contributed by atoms with Crippen LogP contribution in [0.3, 0.4) is 0 Å². The van der Waals surface area contributed by atoms with Gasteiger partial charge in [0.25, 0.3) is 0 Å². The highest BCUT2D eigenvalue weighted by molar-refractivity contribution is 4.53. The van der Waals surface area contributed by atoms with Gasteiger partial charge in [0.15, 0.2) is 0 Å². The normalized spacial score (nSPS) is 11.6. The van der Waals surface area contributed by atoms with Crippen LogP contribution in [-0.4, -0.2) is 13.2 Å². The molecule has 0 unspecified atom stereocenters. The molecule has 0 spiro atoms. The minimum absolute atomic E-state index is 0.998. The average Bonchev–Trinajstić information content (AvgIpc) is 3.07. The fourth-order valence-corrected chi connectivity index (χ4v) is 7.20. The standard InChI is InChI=1S/C45H92O/c1-3-5-7-9-11-13-15-17-19-20-21-22-23-24-25-26-27-28-29-31-33-35-37-39-41-43-45-46-44-42-40-38-36-34-32-30-18-16-14-12-10-8-6-4-2/h3-45H2,1-2H3. The maximum Gasteiger partial charge on any atom is 0.0466 e. The van der Waals surface area contributed by atoms with E-state index in [1.807, 2.05) is 0 Å². The number of hydrogen-bond acceptors (Lipinski definition) is 1. The molecule has 1 heteroatoms. The molecule has 0 saturated heterocycles. The van der Waals surface area contributed by atoms with Crippen molar-refractivity contribution in [3.8, 4) is 0 Å². The molecule has 0 bridgehead atoms. The van der Waals surface area contributed by atoms with Crippen molar-refractivity contribution in [3.63, 3.8) is 0 Å². The Balaban J connectivity index is 3.03. The summed E-state index contributed by atoms with van der Waals surface area (Å²) >= 11 is 0. The molecule has 0 rings (SSSR count). The minimum Gasteiger partial charge on any atom is -0.381 e. The average molecular weight is 649 g/mol. The highest BCUT2D eigenvalue weighted by Gasteiger charge is 1.98. The number of ether oxygens (including phenoxy) is 1. The van der Waals surface area contributed by atoms with Crippen molar-refractivity contribution in [3.05, 3.63) is 0 Å². The molecule has 0 saturated carbocycles. The van der Waals surface area contributed by atoms with E-state index < -0.39 is 0 Å². The zero-order valence-corrected chi connectivity index (χ0v) is 32.8. The number of hydrogen-bond donors (Lipinski definition) is 0. The molecule has 0 aliphatic heterocycles. The Hall–Kier alpha value is -0.0400. The quantitative estimate of drug-likeness (QED) is 0.0598. The lowest BCUT2D eigenvalue weighted by Gasteiger charge is -2.06. The molecular weight excluding hydrogens is 556 g/mol. The van der Waals surface area contributed by atoms with E-state index in [4.69, 9.17) is 4.74 Å². The molecule has 0 fully saturated rings. The Morgan fingerprint density at radius 3 is 0.457 bits per heavy atom. The molecular formula is C45H92O. The van der Waals surface area contributed by atoms with Crippen LogP contribution in [0.25, 0.3) is 0 Å². The predicted molar refractivity (Wildman–Crippen MR) is 211 cm³/mol. The highest BCUT2D eigenvalue weighted by atomic mass is 16.5. The van der Waals surface area contributed by atoms with E-state index in [0.29, 0.717) is 0 Å². The van der Waals surface area contributed by atoms with Gasteiger partial charge in [-0.05, 0) is 12.8 Å². The monoisotopic (exact) mass is 649 g/mol. The van der Waals surface area contributed by atoms with Crippen LogP contribution in [0.1, 0.15) is 277 Å². The van der Waals surface area contributed by atoms with Crippen LogP contribution in [0.4, 0.5) is 0 Å². The number of unbranched alkanes of at least 4 members (excludes halogenated alkanes) is 39. The lowest BCUT2D eigenvalue weighted by Crippen LogP contribution is -1.97. The molecule has 0 heterocycles. The van der Waals surface area contributed by atoms with Gasteiger partial charge in [0.1, 0.15) is 0 Å². The summed E-state index contributed by atoms with van der Waals surface area (Å²) in [6.45, 7) is 6.61. The summed E-state index contributed by atoms with van der Waals surface area (Å²) in [7, 11) is 0. The maximum atomic E-state index is 5.90. The lowest BCUT2D eigenvalue weighted by molar-refractivity contribution is 0.125. The number of rotatable bonds is 43. The summed E-state index contributed by atoms with van der Waals surface area (Å²) in [6, 6.07) is 0. The Bertz CT molecular complexity index is 443. The zero-order valence-electron chi connectivity index (χ0n) is 32.8. The zero-order chi connectivity index (χ0) is 33.1. The first kappa shape index (κ1) is 46.0. The summed E-state index contributed by atoms with van der Waals surface area (Å²) in [4.78, 5) is 0. The molecule has 0 radical (unpaired) electrons. The van der Waals surface area contributed by atoms with E-state index >= 15 is 0 Å². The fraction of sp³-hybridized carbons (Fsp3) is 1.00. The minimum atomic E-state index is 0.998. The van der Waals surface area contributed by atoms with E-state index in [0.717, 1.165) is 13.2 Å². The summed E-state index contributed by atoms with van der Waals surface area (Å²) in [5, 5.41) is 0. The first-order chi connectivity index (χ1) is 22.9. The van der Waals surface area contributed by atoms with Crippen molar-refractivity contribution >= 4 is 0 Å². The van der Waals surface area contributed by atoms with E-state index in [2.05, 4.69) is 13.8 Å². The molecule has 0 aromatic heterocycles. The van der Waals surface area contributed by atoms with Crippen LogP contribution >= 0.6 is 0 Å². The molecule has 1 nitrogen and oxygen atoms in total. The predicted octanol–water partition coefficient (Wildman–Crippen LogP) is 17.0. The fourth-order valence-electron chi connectivity index (χ4n) is 7.20. The Labute approximate surface area is 294 Å². The van der Waals surface area contributed by atoms with E-state index in [1.54, 1.807) is 0 Å². The van der Waals surface area contributed by atoms with Gasteiger partial charge in [0, 0.05) is 13.2 Å². The van der Waals surface area contributed by atoms with Crippen LogP contribution in [0, 0.1) is 0 Å². The third kappa shape index (κ3) is 44.0. The Morgan fingerprint density at radius 1 is 0.174 bits per heavy atom. The highest BCUT2D eigenvalue weighted by Crippen LogP contribution is 2.17. The van der Waals surface area contributed by atoms with Gasteiger partial charge in [0.05, 0.1) is 0 Å². The van der Waals surface area contributed by atoms with Gasteiger partial charge in [-0.25, -0.2) is 0 Å². The summed E-state index contributed by atoms with van der Waals surface area (Å²) < 4.78 is 5.90. The van der Waals surface area contributed by atoms with Crippen LogP contribution in [0.5, 0.6) is 0 Å². The van der Waals surface area contributed by atoms with Crippen molar-refractivity contribution in [2.45, 2.75) is 277 Å². The van der Waals surface area contributed by atoms with Crippen molar-refractivity contribution < 1.29 is 4.74 Å². The van der Waals surface area contributed by atoms with Gasteiger partial charge in [-0.15, -0.1) is 0 Å². The van der Waals surface area contributed by atoms with Crippen molar-refractivity contribution in [2.24, 2.45) is 0 Å². The van der Waals surface area contributed by atoms with E-state index in [1.165, 1.54) is 263 Å². The molecule has 0 aliphatic rings. The van der Waals surface area contributed by atoms with Crippen LogP contribution < -0.4 is 0 Å². The molecule has 0 aromatic carbocycles. The van der Waals surface area contributed by atoms with Gasteiger partial charge in [-0.3, -0.25) is 0 Å². The second-order valence-corrected chi connectivity index (χ2v) is 15.4. The van der Waals surface area contributed by atoms with E-state index in [-0.39, 0.29) is 0 Å². The second-order valence-electron chi connectivity index (χ2n) is 15.4. The molecule has 46 heavy (non-hydrogen) atoms.